The first-order valence-corrected chi connectivity index (χ1v) is 9.57. The van der Waals surface area contributed by atoms with E-state index in [4.69, 9.17) is 6.42 Å². The molecule has 5 nitrogen and oxygen atoms in total. The van der Waals surface area contributed by atoms with Crippen molar-refractivity contribution in [3.63, 3.8) is 0 Å². The molecule has 0 radical (unpaired) electrons. The van der Waals surface area contributed by atoms with E-state index in [1.807, 2.05) is 22.2 Å². The van der Waals surface area contributed by atoms with Crippen molar-refractivity contribution in [2.75, 3.05) is 11.9 Å². The number of nitrogens with zero attached hydrogens (tertiary/aromatic N) is 1. The van der Waals surface area contributed by atoms with Gasteiger partial charge in [-0.3, -0.25) is 9.59 Å². The monoisotopic (exact) mass is 381 g/mol. The number of aromatic nitrogens is 1. The molecule has 2 N–H and O–H groups in total. The predicted molar refractivity (Wildman–Crippen MR) is 105 cm³/mol. The van der Waals surface area contributed by atoms with Crippen LogP contribution in [0.25, 0.3) is 10.6 Å². The standard InChI is InChI=1S/C19H15N3O2S2/c1-2-8-20-18(24)15-5-3-4-6-16(15)22-17(23)10-14-12-26-19(21-14)13-7-9-25-11-13/h1,3-7,9,11-12H,8,10H2,(H,20,24)(H,22,23). The van der Waals surface area contributed by atoms with Gasteiger partial charge in [-0.2, -0.15) is 11.3 Å². The summed E-state index contributed by atoms with van der Waals surface area (Å²) in [6.07, 6.45) is 5.30. The molecule has 1 aromatic carbocycles. The number of rotatable bonds is 6. The first-order valence-electron chi connectivity index (χ1n) is 7.75. The Morgan fingerprint density at radius 2 is 2.04 bits per heavy atom. The molecule has 0 fully saturated rings. The van der Waals surface area contributed by atoms with E-state index >= 15 is 0 Å². The average molecular weight is 381 g/mol. The van der Waals surface area contributed by atoms with E-state index in [-0.39, 0.29) is 24.8 Å². The number of nitrogens with one attached hydrogen (secondary N) is 2. The van der Waals surface area contributed by atoms with Gasteiger partial charge in [0.05, 0.1) is 29.9 Å². The lowest BCUT2D eigenvalue weighted by atomic mass is 10.1. The first kappa shape index (κ1) is 17.9. The Hall–Kier alpha value is -2.95. The highest BCUT2D eigenvalue weighted by molar-refractivity contribution is 7.14. The molecule has 0 saturated carbocycles. The van der Waals surface area contributed by atoms with Crippen molar-refractivity contribution in [3.05, 3.63) is 57.7 Å². The van der Waals surface area contributed by atoms with Gasteiger partial charge in [0, 0.05) is 16.3 Å². The van der Waals surface area contributed by atoms with Crippen molar-refractivity contribution in [3.8, 4) is 22.9 Å². The minimum Gasteiger partial charge on any atom is -0.341 e. The van der Waals surface area contributed by atoms with Gasteiger partial charge < -0.3 is 10.6 Å². The number of amides is 2. The zero-order valence-electron chi connectivity index (χ0n) is 13.7. The third-order valence-corrected chi connectivity index (χ3v) is 5.08. The largest absolute Gasteiger partial charge is 0.341 e. The van der Waals surface area contributed by atoms with Crippen LogP contribution in [0.2, 0.25) is 0 Å². The van der Waals surface area contributed by atoms with Gasteiger partial charge in [0.1, 0.15) is 5.01 Å². The topological polar surface area (TPSA) is 71.1 Å². The molecule has 0 aliphatic rings. The molecule has 0 aliphatic heterocycles. The van der Waals surface area contributed by atoms with E-state index in [0.717, 1.165) is 10.6 Å². The van der Waals surface area contributed by atoms with Crippen molar-refractivity contribution in [2.45, 2.75) is 6.42 Å². The third kappa shape index (κ3) is 4.36. The van der Waals surface area contributed by atoms with Crippen molar-refractivity contribution in [2.24, 2.45) is 0 Å². The van der Waals surface area contributed by atoms with Crippen LogP contribution in [-0.2, 0) is 11.2 Å². The van der Waals surface area contributed by atoms with Gasteiger partial charge in [-0.05, 0) is 23.6 Å². The van der Waals surface area contributed by atoms with Crippen LogP contribution < -0.4 is 10.6 Å². The fraction of sp³-hybridized carbons (Fsp3) is 0.105. The number of thiophene rings is 1. The van der Waals surface area contributed by atoms with Crippen LogP contribution in [0.4, 0.5) is 5.69 Å². The molecule has 0 saturated heterocycles. The zero-order valence-corrected chi connectivity index (χ0v) is 15.3. The number of hydrogen-bond acceptors (Lipinski definition) is 5. The lowest BCUT2D eigenvalue weighted by Gasteiger charge is -2.10. The zero-order chi connectivity index (χ0) is 18.4. The second-order valence-corrected chi connectivity index (χ2v) is 6.95. The Balaban J connectivity index is 1.67. The number of carbonyl (C=O) groups excluding carboxylic acids is 2. The number of para-hydroxylation sites is 1. The second-order valence-electron chi connectivity index (χ2n) is 5.31. The quantitative estimate of drug-likeness (QED) is 0.643. The van der Waals surface area contributed by atoms with Gasteiger partial charge in [0.15, 0.2) is 0 Å². The summed E-state index contributed by atoms with van der Waals surface area (Å²) >= 11 is 3.11. The Morgan fingerprint density at radius 1 is 1.19 bits per heavy atom. The number of hydrogen-bond donors (Lipinski definition) is 2. The lowest BCUT2D eigenvalue weighted by molar-refractivity contribution is -0.115. The van der Waals surface area contributed by atoms with Gasteiger partial charge >= 0.3 is 0 Å². The molecule has 130 valence electrons. The maximum Gasteiger partial charge on any atom is 0.254 e. The fourth-order valence-corrected chi connectivity index (χ4v) is 3.81. The summed E-state index contributed by atoms with van der Waals surface area (Å²) in [5.41, 5.74) is 2.57. The molecule has 0 unspecified atom stereocenters. The highest BCUT2D eigenvalue weighted by atomic mass is 32.1. The maximum absolute atomic E-state index is 12.4. The number of terminal acetylenes is 1. The minimum absolute atomic E-state index is 0.130. The molecule has 2 heterocycles. The third-order valence-electron chi connectivity index (χ3n) is 3.46. The van der Waals surface area contributed by atoms with Crippen LogP contribution in [0.1, 0.15) is 16.1 Å². The van der Waals surface area contributed by atoms with Crippen LogP contribution in [0.3, 0.4) is 0 Å². The van der Waals surface area contributed by atoms with Crippen molar-refractivity contribution < 1.29 is 9.59 Å². The molecule has 2 amide bonds. The van der Waals surface area contributed by atoms with Crippen LogP contribution in [0, 0.1) is 12.3 Å². The highest BCUT2D eigenvalue weighted by Gasteiger charge is 2.14. The predicted octanol–water partition coefficient (Wildman–Crippen LogP) is 3.42. The molecule has 3 aromatic rings. The minimum atomic E-state index is -0.327. The Labute approximate surface area is 159 Å². The molecule has 0 atom stereocenters. The van der Waals surface area contributed by atoms with Crippen molar-refractivity contribution in [1.29, 1.82) is 0 Å². The Kier molecular flexibility index (Phi) is 5.79. The average Bonchev–Trinajstić information content (AvgIpc) is 3.31. The van der Waals surface area contributed by atoms with E-state index in [1.165, 1.54) is 11.3 Å². The molecular weight excluding hydrogens is 366 g/mol. The van der Waals surface area contributed by atoms with Gasteiger partial charge in [-0.1, -0.05) is 18.1 Å². The van der Waals surface area contributed by atoms with Gasteiger partial charge in [-0.25, -0.2) is 4.98 Å². The van der Waals surface area contributed by atoms with E-state index in [9.17, 15) is 9.59 Å². The van der Waals surface area contributed by atoms with E-state index in [1.54, 1.807) is 35.6 Å². The Bertz CT molecular complexity index is 955. The first-order chi connectivity index (χ1) is 12.7. The summed E-state index contributed by atoms with van der Waals surface area (Å²) in [6, 6.07) is 8.80. The fourth-order valence-electron chi connectivity index (χ4n) is 2.28. The summed E-state index contributed by atoms with van der Waals surface area (Å²) < 4.78 is 0. The van der Waals surface area contributed by atoms with Crippen LogP contribution in [0.5, 0.6) is 0 Å². The molecule has 2 aromatic heterocycles. The van der Waals surface area contributed by atoms with Crippen molar-refractivity contribution >= 4 is 40.2 Å². The molecule has 26 heavy (non-hydrogen) atoms. The maximum atomic E-state index is 12.4. The van der Waals surface area contributed by atoms with E-state index in [0.29, 0.717) is 16.9 Å². The lowest BCUT2D eigenvalue weighted by Crippen LogP contribution is -2.25. The molecular formula is C19H15N3O2S2. The van der Waals surface area contributed by atoms with Gasteiger partial charge in [0.2, 0.25) is 5.91 Å². The normalized spacial score (nSPS) is 10.1. The molecule has 3 rings (SSSR count). The molecule has 7 heteroatoms. The van der Waals surface area contributed by atoms with E-state index in [2.05, 4.69) is 21.5 Å². The Morgan fingerprint density at radius 3 is 2.81 bits per heavy atom. The van der Waals surface area contributed by atoms with Crippen LogP contribution in [-0.4, -0.2) is 23.3 Å². The van der Waals surface area contributed by atoms with Crippen LogP contribution in [0.15, 0.2) is 46.5 Å². The van der Waals surface area contributed by atoms with Crippen LogP contribution >= 0.6 is 22.7 Å². The summed E-state index contributed by atoms with van der Waals surface area (Å²) in [7, 11) is 0. The van der Waals surface area contributed by atoms with Crippen molar-refractivity contribution in [1.82, 2.24) is 10.3 Å². The number of benzene rings is 1. The summed E-state index contributed by atoms with van der Waals surface area (Å²) in [6.45, 7) is 0.130. The highest BCUT2D eigenvalue weighted by Crippen LogP contribution is 2.26. The summed E-state index contributed by atoms with van der Waals surface area (Å²) in [4.78, 5) is 29.0. The molecule has 0 aliphatic carbocycles. The number of carbonyl (C=O) groups is 2. The molecule has 0 bridgehead atoms. The van der Waals surface area contributed by atoms with E-state index < -0.39 is 0 Å². The molecule has 0 spiro atoms. The van der Waals surface area contributed by atoms with Gasteiger partial charge in [0.25, 0.3) is 5.91 Å². The van der Waals surface area contributed by atoms with Gasteiger partial charge in [-0.15, -0.1) is 17.8 Å². The number of thiazole rings is 1. The summed E-state index contributed by atoms with van der Waals surface area (Å²) in [5, 5.41) is 12.1. The second kappa shape index (κ2) is 8.43. The number of anilines is 1. The smallest absolute Gasteiger partial charge is 0.254 e. The summed E-state index contributed by atoms with van der Waals surface area (Å²) in [5.74, 6) is 1.79. The SMILES string of the molecule is C#CCNC(=O)c1ccccc1NC(=O)Cc1csc(-c2ccsc2)n1.